The van der Waals surface area contributed by atoms with Crippen LogP contribution in [0, 0.1) is 0 Å². The van der Waals surface area contributed by atoms with Gasteiger partial charge in [-0.3, -0.25) is 0 Å². The Labute approximate surface area is 92.3 Å². The highest BCUT2D eigenvalue weighted by molar-refractivity contribution is 5.90. The smallest absolute Gasteiger partial charge is 0.349 e. The van der Waals surface area contributed by atoms with Crippen molar-refractivity contribution >= 4 is 11.9 Å². The van der Waals surface area contributed by atoms with Gasteiger partial charge >= 0.3 is 11.9 Å². The third kappa shape index (κ3) is 4.92. The molecular formula is C11H11NO4. The Kier molecular flexibility index (Phi) is 4.75. The van der Waals surface area contributed by atoms with Crippen LogP contribution in [0.2, 0.25) is 0 Å². The number of carbonyl (C=O) groups excluding carboxylic acids is 1. The molecule has 0 saturated carbocycles. The Bertz CT molecular complexity index is 386. The molecule has 0 unspecified atom stereocenters. The molecule has 0 heterocycles. The van der Waals surface area contributed by atoms with Gasteiger partial charge in [0.05, 0.1) is 6.54 Å². The summed E-state index contributed by atoms with van der Waals surface area (Å²) in [5.41, 5.74) is 3.39. The molecular weight excluding hydrogens is 210 g/mol. The molecule has 0 spiro atoms. The van der Waals surface area contributed by atoms with E-state index in [4.69, 9.17) is 5.11 Å². The number of carboxylic acid groups (broad SMARTS) is 1. The fraction of sp³-hybridized carbons (Fsp3) is 0.0909. The van der Waals surface area contributed by atoms with Gasteiger partial charge in [0.25, 0.3) is 0 Å². The maximum Gasteiger partial charge on any atom is 0.349 e. The van der Waals surface area contributed by atoms with Crippen molar-refractivity contribution in [2.24, 2.45) is 0 Å². The number of hydroxylamine groups is 1. The Morgan fingerprint density at radius 1 is 1.25 bits per heavy atom. The third-order valence-electron chi connectivity index (χ3n) is 1.65. The molecule has 1 rings (SSSR count). The van der Waals surface area contributed by atoms with Gasteiger partial charge < -0.3 is 9.94 Å². The second-order valence-electron chi connectivity index (χ2n) is 2.90. The minimum atomic E-state index is -1.19. The Morgan fingerprint density at radius 2 is 1.94 bits per heavy atom. The molecule has 0 atom stereocenters. The number of carboxylic acids is 1. The number of aliphatic carboxylic acids is 1. The Hall–Kier alpha value is -2.14. The van der Waals surface area contributed by atoms with Crippen molar-refractivity contribution in [3.8, 4) is 0 Å². The molecule has 0 aliphatic carbocycles. The summed E-state index contributed by atoms with van der Waals surface area (Å²) in [6.45, 7) is 0.369. The highest BCUT2D eigenvalue weighted by atomic mass is 16.7. The first-order valence-corrected chi connectivity index (χ1v) is 4.57. The number of nitrogens with one attached hydrogen (secondary N) is 1. The van der Waals surface area contributed by atoms with Crippen LogP contribution in [0.1, 0.15) is 5.56 Å². The van der Waals surface area contributed by atoms with E-state index in [0.29, 0.717) is 12.6 Å². The van der Waals surface area contributed by atoms with Gasteiger partial charge in [-0.15, -0.1) is 5.48 Å². The van der Waals surface area contributed by atoms with Crippen molar-refractivity contribution in [2.45, 2.75) is 6.54 Å². The average Bonchev–Trinajstić information content (AvgIpc) is 2.28. The van der Waals surface area contributed by atoms with Gasteiger partial charge in [-0.1, -0.05) is 30.3 Å². The fourth-order valence-electron chi connectivity index (χ4n) is 0.960. The van der Waals surface area contributed by atoms with Gasteiger partial charge in [0.15, 0.2) is 0 Å². The van der Waals surface area contributed by atoms with Crippen LogP contribution >= 0.6 is 0 Å². The van der Waals surface area contributed by atoms with Gasteiger partial charge in [0, 0.05) is 12.2 Å². The first-order chi connectivity index (χ1) is 7.68. The van der Waals surface area contributed by atoms with E-state index >= 15 is 0 Å². The molecule has 0 fully saturated rings. The summed E-state index contributed by atoms with van der Waals surface area (Å²) in [6, 6.07) is 9.35. The van der Waals surface area contributed by atoms with E-state index in [0.717, 1.165) is 11.6 Å². The molecule has 0 radical (unpaired) electrons. The standard InChI is InChI=1S/C11H11NO4/c13-10(14)6-7-11(15)16-12-8-9-4-2-1-3-5-9/h1-7,12H,8H2,(H,13,14). The zero-order valence-corrected chi connectivity index (χ0v) is 8.42. The molecule has 5 heteroatoms. The molecule has 1 aromatic carbocycles. The van der Waals surface area contributed by atoms with Crippen molar-refractivity contribution in [2.75, 3.05) is 0 Å². The van der Waals surface area contributed by atoms with Gasteiger partial charge in [0.1, 0.15) is 0 Å². The minimum Gasteiger partial charge on any atom is -0.478 e. The van der Waals surface area contributed by atoms with Crippen LogP contribution in [-0.2, 0) is 21.0 Å². The molecule has 84 valence electrons. The number of benzene rings is 1. The summed E-state index contributed by atoms with van der Waals surface area (Å²) in [5.74, 6) is -1.95. The Balaban J connectivity index is 2.26. The van der Waals surface area contributed by atoms with Gasteiger partial charge in [0.2, 0.25) is 0 Å². The van der Waals surface area contributed by atoms with Gasteiger partial charge in [-0.25, -0.2) is 9.59 Å². The van der Waals surface area contributed by atoms with Crippen LogP contribution in [0.15, 0.2) is 42.5 Å². The second-order valence-corrected chi connectivity index (χ2v) is 2.90. The lowest BCUT2D eigenvalue weighted by molar-refractivity contribution is -0.145. The molecule has 0 saturated heterocycles. The quantitative estimate of drug-likeness (QED) is 0.570. The topological polar surface area (TPSA) is 75.6 Å². The lowest BCUT2D eigenvalue weighted by atomic mass is 10.2. The lowest BCUT2D eigenvalue weighted by Crippen LogP contribution is -2.18. The Morgan fingerprint density at radius 3 is 2.56 bits per heavy atom. The van der Waals surface area contributed by atoms with Crippen molar-refractivity contribution in [3.05, 3.63) is 48.0 Å². The molecule has 0 aliphatic heterocycles. The van der Waals surface area contributed by atoms with E-state index in [1.807, 2.05) is 30.3 Å². The molecule has 0 amide bonds. The average molecular weight is 221 g/mol. The number of rotatable bonds is 5. The van der Waals surface area contributed by atoms with E-state index < -0.39 is 11.9 Å². The second kappa shape index (κ2) is 6.36. The number of carbonyl (C=O) groups is 2. The van der Waals surface area contributed by atoms with Crippen molar-refractivity contribution in [3.63, 3.8) is 0 Å². The molecule has 0 aromatic heterocycles. The van der Waals surface area contributed by atoms with Crippen molar-refractivity contribution in [1.29, 1.82) is 0 Å². The monoisotopic (exact) mass is 221 g/mol. The molecule has 1 aromatic rings. The summed E-state index contributed by atoms with van der Waals surface area (Å²) in [6.07, 6.45) is 1.55. The minimum absolute atomic E-state index is 0.369. The molecule has 0 bridgehead atoms. The predicted molar refractivity (Wildman–Crippen MR) is 56.1 cm³/mol. The summed E-state index contributed by atoms with van der Waals surface area (Å²) >= 11 is 0. The lowest BCUT2D eigenvalue weighted by Gasteiger charge is -2.02. The van der Waals surface area contributed by atoms with E-state index in [1.165, 1.54) is 0 Å². The molecule has 16 heavy (non-hydrogen) atoms. The highest BCUT2D eigenvalue weighted by Gasteiger charge is 1.98. The van der Waals surface area contributed by atoms with Crippen LogP contribution in [0.25, 0.3) is 0 Å². The summed E-state index contributed by atoms with van der Waals surface area (Å²) < 4.78 is 0. The van der Waals surface area contributed by atoms with Crippen molar-refractivity contribution in [1.82, 2.24) is 5.48 Å². The number of hydrogen-bond acceptors (Lipinski definition) is 4. The fourth-order valence-corrected chi connectivity index (χ4v) is 0.960. The van der Waals surface area contributed by atoms with Crippen molar-refractivity contribution < 1.29 is 19.5 Å². The summed E-state index contributed by atoms with van der Waals surface area (Å²) in [4.78, 5) is 25.5. The summed E-state index contributed by atoms with van der Waals surface area (Å²) in [5, 5.41) is 8.25. The van der Waals surface area contributed by atoms with Crippen LogP contribution in [0.3, 0.4) is 0 Å². The molecule has 5 nitrogen and oxygen atoms in total. The largest absolute Gasteiger partial charge is 0.478 e. The molecule has 2 N–H and O–H groups in total. The van der Waals surface area contributed by atoms with Crippen LogP contribution < -0.4 is 5.48 Å². The third-order valence-corrected chi connectivity index (χ3v) is 1.65. The van der Waals surface area contributed by atoms with E-state index in [-0.39, 0.29) is 0 Å². The maximum absolute atomic E-state index is 10.9. The van der Waals surface area contributed by atoms with E-state index in [2.05, 4.69) is 10.3 Å². The van der Waals surface area contributed by atoms with E-state index in [9.17, 15) is 9.59 Å². The zero-order valence-electron chi connectivity index (χ0n) is 8.42. The maximum atomic E-state index is 10.9. The predicted octanol–water partition coefficient (Wildman–Crippen LogP) is 0.875. The number of hydrogen-bond donors (Lipinski definition) is 2. The SMILES string of the molecule is O=C(O)C=CC(=O)ONCc1ccccc1. The van der Waals surface area contributed by atoms with E-state index in [1.54, 1.807) is 0 Å². The first-order valence-electron chi connectivity index (χ1n) is 4.57. The summed E-state index contributed by atoms with van der Waals surface area (Å²) in [7, 11) is 0. The highest BCUT2D eigenvalue weighted by Crippen LogP contribution is 1.96. The first kappa shape index (κ1) is 11.9. The molecule has 0 aliphatic rings. The van der Waals surface area contributed by atoms with Crippen LogP contribution in [0.4, 0.5) is 0 Å². The zero-order chi connectivity index (χ0) is 11.8. The van der Waals surface area contributed by atoms with Crippen LogP contribution in [0.5, 0.6) is 0 Å². The van der Waals surface area contributed by atoms with Gasteiger partial charge in [-0.2, -0.15) is 0 Å². The van der Waals surface area contributed by atoms with Gasteiger partial charge in [-0.05, 0) is 5.56 Å². The van der Waals surface area contributed by atoms with Crippen LogP contribution in [-0.4, -0.2) is 17.0 Å². The normalized spacial score (nSPS) is 10.2.